The van der Waals surface area contributed by atoms with Gasteiger partial charge in [0.15, 0.2) is 6.79 Å². The lowest BCUT2D eigenvalue weighted by Gasteiger charge is -2.25. The minimum atomic E-state index is -3.72. The van der Waals surface area contributed by atoms with Crippen LogP contribution in [-0.2, 0) is 27.9 Å². The minimum absolute atomic E-state index is 0.0295. The van der Waals surface area contributed by atoms with Gasteiger partial charge in [0.2, 0.25) is 10.0 Å². The summed E-state index contributed by atoms with van der Waals surface area (Å²) in [6.07, 6.45) is 0.599. The number of fused-ring (bicyclic) bond motifs is 1. The van der Waals surface area contributed by atoms with E-state index in [1.165, 1.54) is 28.6 Å². The van der Waals surface area contributed by atoms with Crippen molar-refractivity contribution >= 4 is 15.7 Å². The Bertz CT molecular complexity index is 1080. The molecule has 4 rings (SSSR count). The predicted octanol–water partition coefficient (Wildman–Crippen LogP) is 2.50. The molecule has 2 aliphatic rings. The van der Waals surface area contributed by atoms with Crippen LogP contribution < -0.4 is 4.74 Å². The molecule has 2 aromatic rings. The molecule has 0 amide bonds. The second-order valence-electron chi connectivity index (χ2n) is 7.45. The molecule has 9 nitrogen and oxygen atoms in total. The van der Waals surface area contributed by atoms with Crippen molar-refractivity contribution in [3.05, 3.63) is 63.5 Å². The molecule has 2 heterocycles. The van der Waals surface area contributed by atoms with Crippen LogP contribution in [0.5, 0.6) is 5.75 Å². The van der Waals surface area contributed by atoms with Crippen molar-refractivity contribution in [3.63, 3.8) is 0 Å². The van der Waals surface area contributed by atoms with E-state index in [0.29, 0.717) is 49.5 Å². The molecule has 1 saturated heterocycles. The molecule has 2 aromatic carbocycles. The van der Waals surface area contributed by atoms with E-state index in [-0.39, 0.29) is 30.5 Å². The summed E-state index contributed by atoms with van der Waals surface area (Å²) in [6, 6.07) is 7.75. The van der Waals surface area contributed by atoms with Gasteiger partial charge in [0.1, 0.15) is 11.6 Å². The third-order valence-electron chi connectivity index (χ3n) is 5.38. The van der Waals surface area contributed by atoms with Crippen LogP contribution >= 0.6 is 0 Å². The summed E-state index contributed by atoms with van der Waals surface area (Å²) in [4.78, 5) is 13.0. The van der Waals surface area contributed by atoms with Crippen LogP contribution in [0.2, 0.25) is 0 Å². The van der Waals surface area contributed by atoms with Crippen LogP contribution in [0.25, 0.3) is 0 Å². The van der Waals surface area contributed by atoms with Gasteiger partial charge in [-0.15, -0.1) is 0 Å². The maximum Gasteiger partial charge on any atom is 0.270 e. The fourth-order valence-corrected chi connectivity index (χ4v) is 5.32. The zero-order valence-electron chi connectivity index (χ0n) is 16.7. The van der Waals surface area contributed by atoms with Crippen molar-refractivity contribution < 1.29 is 27.2 Å². The quantitative estimate of drug-likeness (QED) is 0.508. The Kier molecular flexibility index (Phi) is 6.19. The van der Waals surface area contributed by atoms with Crippen molar-refractivity contribution in [1.29, 1.82) is 0 Å². The third-order valence-corrected chi connectivity index (χ3v) is 7.29. The van der Waals surface area contributed by atoms with Crippen molar-refractivity contribution in [1.82, 2.24) is 9.21 Å². The molecular weight excluding hydrogens is 429 g/mol. The summed E-state index contributed by atoms with van der Waals surface area (Å²) >= 11 is 0. The molecule has 0 atom stereocenters. The van der Waals surface area contributed by atoms with Gasteiger partial charge in [-0.3, -0.25) is 15.0 Å². The van der Waals surface area contributed by atoms with E-state index >= 15 is 0 Å². The van der Waals surface area contributed by atoms with E-state index in [0.717, 1.165) is 12.1 Å². The first kappa shape index (κ1) is 21.6. The number of ether oxygens (including phenoxy) is 2. The summed E-state index contributed by atoms with van der Waals surface area (Å²) in [7, 11) is -3.72. The highest BCUT2D eigenvalue weighted by atomic mass is 32.2. The topological polar surface area (TPSA) is 102 Å². The largest absolute Gasteiger partial charge is 0.467 e. The first-order valence-corrected chi connectivity index (χ1v) is 11.3. The van der Waals surface area contributed by atoms with E-state index in [2.05, 4.69) is 4.90 Å². The normalized spacial score (nSPS) is 18.1. The average Bonchev–Trinajstić information content (AvgIpc) is 3.00. The first-order valence-electron chi connectivity index (χ1n) is 9.83. The van der Waals surface area contributed by atoms with Gasteiger partial charge in [-0.2, -0.15) is 4.31 Å². The number of halogens is 1. The van der Waals surface area contributed by atoms with Gasteiger partial charge in [-0.1, -0.05) is 0 Å². The van der Waals surface area contributed by atoms with Crippen molar-refractivity contribution in [2.75, 3.05) is 33.0 Å². The SMILES string of the molecule is O=[N+]([O-])c1cc2c(c(CN3CCCN(S(=O)(=O)c4ccc(F)cc4)CC3)c1)OCOC2. The molecule has 1 fully saturated rings. The Hall–Kier alpha value is -2.60. The second kappa shape index (κ2) is 8.87. The van der Waals surface area contributed by atoms with Gasteiger partial charge in [-0.05, 0) is 37.2 Å². The molecule has 0 bridgehead atoms. The molecule has 2 aliphatic heterocycles. The summed E-state index contributed by atoms with van der Waals surface area (Å²) in [5.41, 5.74) is 1.28. The minimum Gasteiger partial charge on any atom is -0.467 e. The third kappa shape index (κ3) is 4.69. The van der Waals surface area contributed by atoms with E-state index in [9.17, 15) is 22.9 Å². The fraction of sp³-hybridized carbons (Fsp3) is 0.400. The number of nitro groups is 1. The molecule has 0 N–H and O–H groups in total. The van der Waals surface area contributed by atoms with E-state index in [1.807, 2.05) is 0 Å². The number of rotatable bonds is 5. The Morgan fingerprint density at radius 1 is 1.10 bits per heavy atom. The van der Waals surface area contributed by atoms with Crippen molar-refractivity contribution in [3.8, 4) is 5.75 Å². The molecule has 166 valence electrons. The average molecular weight is 451 g/mol. The molecule has 31 heavy (non-hydrogen) atoms. The van der Waals surface area contributed by atoms with Crippen LogP contribution in [0, 0.1) is 15.9 Å². The number of nitrogens with zero attached hydrogens (tertiary/aromatic N) is 3. The lowest BCUT2D eigenvalue weighted by atomic mass is 10.1. The number of hydrogen-bond acceptors (Lipinski definition) is 7. The van der Waals surface area contributed by atoms with Crippen molar-refractivity contribution in [2.24, 2.45) is 0 Å². The number of benzene rings is 2. The van der Waals surface area contributed by atoms with Gasteiger partial charge in [0.05, 0.1) is 16.4 Å². The molecule has 11 heteroatoms. The highest BCUT2D eigenvalue weighted by molar-refractivity contribution is 7.89. The van der Waals surface area contributed by atoms with Gasteiger partial charge in [-0.25, -0.2) is 12.8 Å². The number of hydrogen-bond donors (Lipinski definition) is 0. The molecule has 0 saturated carbocycles. The Labute approximate surface area is 179 Å². The Balaban J connectivity index is 1.50. The number of non-ortho nitro benzene ring substituents is 1. The summed E-state index contributed by atoms with van der Waals surface area (Å²) in [5.74, 6) is 0.103. The Morgan fingerprint density at radius 3 is 2.61 bits per heavy atom. The fourth-order valence-electron chi connectivity index (χ4n) is 3.85. The zero-order valence-corrected chi connectivity index (χ0v) is 17.5. The van der Waals surface area contributed by atoms with Crippen LogP contribution in [0.1, 0.15) is 17.5 Å². The summed E-state index contributed by atoms with van der Waals surface area (Å²) < 4.78 is 51.2. The second-order valence-corrected chi connectivity index (χ2v) is 9.39. The Morgan fingerprint density at radius 2 is 1.87 bits per heavy atom. The monoisotopic (exact) mass is 451 g/mol. The van der Waals surface area contributed by atoms with Crippen molar-refractivity contribution in [2.45, 2.75) is 24.5 Å². The predicted molar refractivity (Wildman–Crippen MR) is 108 cm³/mol. The molecule has 0 aliphatic carbocycles. The standard InChI is InChI=1S/C20H22FN3O6S/c21-17-2-4-19(5-3-17)31(27,28)23-7-1-6-22(8-9-23)12-15-10-18(24(25)26)11-16-13-29-14-30-20(15)16/h2-5,10-11H,1,6-9,12-14H2. The van der Waals surface area contributed by atoms with E-state index in [4.69, 9.17) is 9.47 Å². The maximum atomic E-state index is 13.2. The highest BCUT2D eigenvalue weighted by Crippen LogP contribution is 2.33. The van der Waals surface area contributed by atoms with E-state index in [1.54, 1.807) is 0 Å². The maximum absolute atomic E-state index is 13.2. The summed E-state index contributed by atoms with van der Waals surface area (Å²) in [6.45, 7) is 2.41. The molecule has 0 spiro atoms. The van der Waals surface area contributed by atoms with E-state index < -0.39 is 20.8 Å². The zero-order chi connectivity index (χ0) is 22.0. The van der Waals surface area contributed by atoms with Gasteiger partial charge in [0, 0.05) is 49.4 Å². The lowest BCUT2D eigenvalue weighted by molar-refractivity contribution is -0.385. The van der Waals surface area contributed by atoms with Gasteiger partial charge >= 0.3 is 0 Å². The first-order chi connectivity index (χ1) is 14.8. The van der Waals surface area contributed by atoms with Gasteiger partial charge < -0.3 is 9.47 Å². The number of sulfonamides is 1. The molecule has 0 radical (unpaired) electrons. The molecule has 0 aromatic heterocycles. The number of nitro benzene ring substituents is 1. The molecular formula is C20H22FN3O6S. The van der Waals surface area contributed by atoms with Gasteiger partial charge in [0.25, 0.3) is 5.69 Å². The van der Waals surface area contributed by atoms with Crippen LogP contribution in [0.3, 0.4) is 0 Å². The van der Waals surface area contributed by atoms with Crippen LogP contribution in [0.15, 0.2) is 41.3 Å². The smallest absolute Gasteiger partial charge is 0.270 e. The highest BCUT2D eigenvalue weighted by Gasteiger charge is 2.28. The lowest BCUT2D eigenvalue weighted by Crippen LogP contribution is -2.35. The van der Waals surface area contributed by atoms with Crippen LogP contribution in [0.4, 0.5) is 10.1 Å². The molecule has 0 unspecified atom stereocenters. The van der Waals surface area contributed by atoms with Crippen LogP contribution in [-0.4, -0.2) is 55.5 Å². The summed E-state index contributed by atoms with van der Waals surface area (Å²) in [5, 5.41) is 11.3.